The minimum absolute atomic E-state index is 0.0597. The van der Waals surface area contributed by atoms with E-state index in [2.05, 4.69) is 60.2 Å². The van der Waals surface area contributed by atoms with Crippen molar-refractivity contribution >= 4 is 28.2 Å². The van der Waals surface area contributed by atoms with E-state index in [-0.39, 0.29) is 5.56 Å². The molecule has 3 aromatic rings. The van der Waals surface area contributed by atoms with Crippen molar-refractivity contribution in [2.75, 3.05) is 13.6 Å². The van der Waals surface area contributed by atoms with Crippen LogP contribution in [0, 0.1) is 20.8 Å². The third-order valence-corrected chi connectivity index (χ3v) is 5.77. The molecule has 0 fully saturated rings. The maximum absolute atomic E-state index is 12.7. The highest BCUT2D eigenvalue weighted by molar-refractivity contribution is 7.80. The van der Waals surface area contributed by atoms with Crippen LogP contribution in [0.1, 0.15) is 27.8 Å². The van der Waals surface area contributed by atoms with Crippen molar-refractivity contribution in [1.82, 2.24) is 15.2 Å². The molecule has 28 heavy (non-hydrogen) atoms. The number of pyridine rings is 1. The second kappa shape index (κ2) is 8.57. The summed E-state index contributed by atoms with van der Waals surface area (Å²) in [6, 6.07) is 14.5. The molecule has 0 unspecified atom stereocenters. The van der Waals surface area contributed by atoms with Crippen LogP contribution in [-0.4, -0.2) is 28.6 Å². The van der Waals surface area contributed by atoms with Gasteiger partial charge in [0, 0.05) is 24.7 Å². The normalized spacial score (nSPS) is 10.9. The van der Waals surface area contributed by atoms with Crippen molar-refractivity contribution in [3.05, 3.63) is 80.6 Å². The number of nitrogens with one attached hydrogen (secondary N) is 2. The molecule has 0 saturated carbocycles. The average molecular weight is 394 g/mol. The first-order chi connectivity index (χ1) is 13.4. The molecule has 0 aliphatic carbocycles. The molecular weight excluding hydrogens is 366 g/mol. The zero-order valence-electron chi connectivity index (χ0n) is 16.9. The van der Waals surface area contributed by atoms with Crippen molar-refractivity contribution in [3.63, 3.8) is 0 Å². The van der Waals surface area contributed by atoms with Gasteiger partial charge in [0.15, 0.2) is 5.11 Å². The Bertz CT molecular complexity index is 1070. The van der Waals surface area contributed by atoms with Crippen molar-refractivity contribution < 1.29 is 0 Å². The van der Waals surface area contributed by atoms with Crippen LogP contribution in [0.4, 0.5) is 0 Å². The predicted octanol–water partition coefficient (Wildman–Crippen LogP) is 4.00. The molecule has 0 radical (unpaired) electrons. The summed E-state index contributed by atoms with van der Waals surface area (Å²) in [5.74, 6) is 0. The topological polar surface area (TPSA) is 48.1 Å². The number of thiocarbonyl (C=S) groups is 1. The van der Waals surface area contributed by atoms with Crippen LogP contribution in [0.15, 0.2) is 47.3 Å². The van der Waals surface area contributed by atoms with Gasteiger partial charge in [-0.15, -0.1) is 0 Å². The lowest BCUT2D eigenvalue weighted by Crippen LogP contribution is -2.39. The van der Waals surface area contributed by atoms with Gasteiger partial charge in [0.25, 0.3) is 5.56 Å². The van der Waals surface area contributed by atoms with Crippen molar-refractivity contribution in [2.24, 2.45) is 0 Å². The molecule has 2 N–H and O–H groups in total. The fourth-order valence-electron chi connectivity index (χ4n) is 3.40. The molecule has 146 valence electrons. The Morgan fingerprint density at radius 2 is 1.75 bits per heavy atom. The molecule has 1 heterocycles. The molecule has 3 rings (SSSR count). The number of hydrogen-bond donors (Lipinski definition) is 2. The zero-order valence-corrected chi connectivity index (χ0v) is 17.7. The van der Waals surface area contributed by atoms with Gasteiger partial charge in [-0.3, -0.25) is 4.79 Å². The fraction of sp³-hybridized carbons (Fsp3) is 0.304. The number of aryl methyl sites for hydroxylation is 3. The third kappa shape index (κ3) is 4.42. The van der Waals surface area contributed by atoms with Gasteiger partial charge in [0.1, 0.15) is 0 Å². The number of aromatic amines is 1. The fourth-order valence-corrected chi connectivity index (χ4v) is 3.56. The lowest BCUT2D eigenvalue weighted by atomic mass is 10.0. The molecule has 4 nitrogen and oxygen atoms in total. The van der Waals surface area contributed by atoms with E-state index in [1.807, 2.05) is 25.2 Å². The summed E-state index contributed by atoms with van der Waals surface area (Å²) in [6.45, 7) is 7.48. The van der Waals surface area contributed by atoms with Crippen LogP contribution in [0.25, 0.3) is 10.9 Å². The smallest absolute Gasteiger partial charge is 0.253 e. The summed E-state index contributed by atoms with van der Waals surface area (Å²) in [6.07, 6.45) is 0.873. The lowest BCUT2D eigenvalue weighted by molar-refractivity contribution is 0.411. The Kier molecular flexibility index (Phi) is 6.15. The molecule has 0 atom stereocenters. The van der Waals surface area contributed by atoms with Gasteiger partial charge in [-0.1, -0.05) is 24.3 Å². The SMILES string of the molecule is CNC(=S)N(CCc1ccccc1C)Cc1cc2cc(C)c(C)cc2[nH]c1=O. The molecule has 0 aliphatic rings. The molecule has 5 heteroatoms. The lowest BCUT2D eigenvalue weighted by Gasteiger charge is -2.25. The number of aromatic nitrogens is 1. The van der Waals surface area contributed by atoms with Crippen molar-refractivity contribution in [2.45, 2.75) is 33.7 Å². The first kappa shape index (κ1) is 20.1. The van der Waals surface area contributed by atoms with Crippen LogP contribution in [0.5, 0.6) is 0 Å². The highest BCUT2D eigenvalue weighted by Gasteiger charge is 2.13. The van der Waals surface area contributed by atoms with E-state index in [0.29, 0.717) is 11.7 Å². The van der Waals surface area contributed by atoms with E-state index < -0.39 is 0 Å². The molecule has 0 saturated heterocycles. The van der Waals surface area contributed by atoms with E-state index in [1.54, 1.807) is 0 Å². The zero-order chi connectivity index (χ0) is 20.3. The van der Waals surface area contributed by atoms with Gasteiger partial charge >= 0.3 is 0 Å². The van der Waals surface area contributed by atoms with Crippen LogP contribution in [-0.2, 0) is 13.0 Å². The first-order valence-electron chi connectivity index (χ1n) is 9.53. The number of hydrogen-bond acceptors (Lipinski definition) is 2. The standard InChI is InChI=1S/C23H27N3OS/c1-15-7-5-6-8-18(15)9-10-26(23(28)24-4)14-20-13-19-11-16(2)17(3)12-21(19)25-22(20)27/h5-8,11-13H,9-10,14H2,1-4H3,(H,24,28)(H,25,27). The third-order valence-electron chi connectivity index (χ3n) is 5.31. The molecular formula is C23H27N3OS. The van der Waals surface area contributed by atoms with E-state index in [0.717, 1.165) is 29.4 Å². The number of rotatable bonds is 5. The summed E-state index contributed by atoms with van der Waals surface area (Å²) in [4.78, 5) is 17.7. The summed E-state index contributed by atoms with van der Waals surface area (Å²) in [5.41, 5.74) is 6.49. The first-order valence-corrected chi connectivity index (χ1v) is 9.94. The molecule has 0 bridgehead atoms. The van der Waals surface area contributed by atoms with E-state index >= 15 is 0 Å². The van der Waals surface area contributed by atoms with E-state index in [9.17, 15) is 4.79 Å². The van der Waals surface area contributed by atoms with Crippen molar-refractivity contribution in [1.29, 1.82) is 0 Å². The van der Waals surface area contributed by atoms with Gasteiger partial charge in [-0.05, 0) is 85.2 Å². The average Bonchev–Trinajstić information content (AvgIpc) is 2.67. The molecule has 1 aromatic heterocycles. The molecule has 0 spiro atoms. The van der Waals surface area contributed by atoms with Crippen LogP contribution in [0.3, 0.4) is 0 Å². The second-order valence-electron chi connectivity index (χ2n) is 7.30. The largest absolute Gasteiger partial charge is 0.366 e. The quantitative estimate of drug-likeness (QED) is 0.643. The Morgan fingerprint density at radius 3 is 2.46 bits per heavy atom. The highest BCUT2D eigenvalue weighted by Crippen LogP contribution is 2.18. The summed E-state index contributed by atoms with van der Waals surface area (Å²) >= 11 is 5.50. The van der Waals surface area contributed by atoms with Crippen molar-refractivity contribution in [3.8, 4) is 0 Å². The second-order valence-corrected chi connectivity index (χ2v) is 7.69. The Morgan fingerprint density at radius 1 is 1.04 bits per heavy atom. The van der Waals surface area contributed by atoms with Crippen LogP contribution < -0.4 is 10.9 Å². The van der Waals surface area contributed by atoms with Crippen LogP contribution >= 0.6 is 12.2 Å². The van der Waals surface area contributed by atoms with Gasteiger partial charge in [-0.2, -0.15) is 0 Å². The van der Waals surface area contributed by atoms with E-state index in [4.69, 9.17) is 12.2 Å². The Balaban J connectivity index is 1.87. The van der Waals surface area contributed by atoms with Gasteiger partial charge in [-0.25, -0.2) is 0 Å². The Labute approximate surface area is 171 Å². The van der Waals surface area contributed by atoms with Gasteiger partial charge < -0.3 is 15.2 Å². The minimum Gasteiger partial charge on any atom is -0.366 e. The highest BCUT2D eigenvalue weighted by atomic mass is 32.1. The predicted molar refractivity (Wildman–Crippen MR) is 121 cm³/mol. The Hall–Kier alpha value is -2.66. The summed E-state index contributed by atoms with van der Waals surface area (Å²) in [7, 11) is 1.82. The molecule has 0 aliphatic heterocycles. The maximum Gasteiger partial charge on any atom is 0.253 e. The molecule has 2 aromatic carbocycles. The number of H-pyrrole nitrogens is 1. The minimum atomic E-state index is -0.0597. The van der Waals surface area contributed by atoms with E-state index in [1.165, 1.54) is 22.3 Å². The maximum atomic E-state index is 12.7. The van der Waals surface area contributed by atoms with Gasteiger partial charge in [0.05, 0.1) is 6.54 Å². The van der Waals surface area contributed by atoms with Crippen LogP contribution in [0.2, 0.25) is 0 Å². The summed E-state index contributed by atoms with van der Waals surface area (Å²) in [5, 5.41) is 4.75. The number of benzene rings is 2. The summed E-state index contributed by atoms with van der Waals surface area (Å²) < 4.78 is 0. The molecule has 0 amide bonds. The number of fused-ring (bicyclic) bond motifs is 1. The number of nitrogens with zero attached hydrogens (tertiary/aromatic N) is 1. The van der Waals surface area contributed by atoms with Gasteiger partial charge in [0.2, 0.25) is 0 Å². The monoisotopic (exact) mass is 393 g/mol.